The van der Waals surface area contributed by atoms with Gasteiger partial charge in [0.05, 0.1) is 0 Å². The first-order valence-electron chi connectivity index (χ1n) is 6.81. The Kier molecular flexibility index (Phi) is 3.39. The van der Waals surface area contributed by atoms with E-state index in [1.165, 1.54) is 37.8 Å². The Morgan fingerprint density at radius 3 is 2.65 bits per heavy atom. The largest absolute Gasteiger partial charge is 0.316 e. The standard InChI is InChI=1S/C15H20ClN/c16-15-7-2-1-6-13(15)14-10-17-9-8-12(14)11-4-3-5-11/h1-2,6-7,11-12,14,17H,3-5,8-10H2. The summed E-state index contributed by atoms with van der Waals surface area (Å²) in [6.07, 6.45) is 5.63. The number of rotatable bonds is 2. The van der Waals surface area contributed by atoms with E-state index in [-0.39, 0.29) is 0 Å². The van der Waals surface area contributed by atoms with Gasteiger partial charge in [0.25, 0.3) is 0 Å². The van der Waals surface area contributed by atoms with E-state index in [0.717, 1.165) is 23.4 Å². The van der Waals surface area contributed by atoms with Gasteiger partial charge in [-0.25, -0.2) is 0 Å². The molecular formula is C15H20ClN. The number of halogens is 1. The van der Waals surface area contributed by atoms with E-state index in [1.807, 2.05) is 12.1 Å². The molecule has 1 N–H and O–H groups in total. The Bertz CT molecular complexity index is 386. The summed E-state index contributed by atoms with van der Waals surface area (Å²) in [5.74, 6) is 2.44. The molecule has 0 radical (unpaired) electrons. The lowest BCUT2D eigenvalue weighted by Gasteiger charge is -2.42. The first kappa shape index (κ1) is 11.6. The Labute approximate surface area is 109 Å². The SMILES string of the molecule is Clc1ccccc1C1CNCCC1C1CCC1. The topological polar surface area (TPSA) is 12.0 Å². The zero-order chi connectivity index (χ0) is 11.7. The van der Waals surface area contributed by atoms with Crippen LogP contribution in [0.25, 0.3) is 0 Å². The molecule has 1 aromatic carbocycles. The van der Waals surface area contributed by atoms with Crippen molar-refractivity contribution in [3.05, 3.63) is 34.9 Å². The first-order chi connectivity index (χ1) is 8.36. The molecule has 1 saturated heterocycles. The molecule has 2 aliphatic rings. The predicted molar refractivity (Wildman–Crippen MR) is 72.5 cm³/mol. The van der Waals surface area contributed by atoms with Crippen molar-refractivity contribution < 1.29 is 0 Å². The molecule has 1 aliphatic carbocycles. The molecule has 2 heteroatoms. The van der Waals surface area contributed by atoms with Crippen LogP contribution in [-0.2, 0) is 0 Å². The van der Waals surface area contributed by atoms with Crippen molar-refractivity contribution in [3.63, 3.8) is 0 Å². The predicted octanol–water partition coefficient (Wildman–Crippen LogP) is 3.83. The molecule has 1 aromatic rings. The van der Waals surface area contributed by atoms with Crippen LogP contribution in [0.5, 0.6) is 0 Å². The Morgan fingerprint density at radius 1 is 1.12 bits per heavy atom. The van der Waals surface area contributed by atoms with Gasteiger partial charge in [-0.15, -0.1) is 0 Å². The number of hydrogen-bond donors (Lipinski definition) is 1. The van der Waals surface area contributed by atoms with Gasteiger partial charge in [-0.05, 0) is 36.4 Å². The lowest BCUT2D eigenvalue weighted by Crippen LogP contribution is -2.40. The van der Waals surface area contributed by atoms with Crippen LogP contribution in [-0.4, -0.2) is 13.1 Å². The van der Waals surface area contributed by atoms with E-state index in [9.17, 15) is 0 Å². The van der Waals surface area contributed by atoms with Crippen molar-refractivity contribution in [1.29, 1.82) is 0 Å². The van der Waals surface area contributed by atoms with Crippen molar-refractivity contribution >= 4 is 11.6 Å². The highest BCUT2D eigenvalue weighted by Crippen LogP contribution is 2.44. The van der Waals surface area contributed by atoms with Crippen LogP contribution in [0.2, 0.25) is 5.02 Å². The second-order valence-corrected chi connectivity index (χ2v) is 5.88. The minimum absolute atomic E-state index is 0.628. The molecule has 2 fully saturated rings. The van der Waals surface area contributed by atoms with Gasteiger partial charge in [-0.1, -0.05) is 49.1 Å². The monoisotopic (exact) mass is 249 g/mol. The van der Waals surface area contributed by atoms with Gasteiger partial charge < -0.3 is 5.32 Å². The summed E-state index contributed by atoms with van der Waals surface area (Å²) in [4.78, 5) is 0. The quantitative estimate of drug-likeness (QED) is 0.840. The number of benzene rings is 1. The molecule has 1 saturated carbocycles. The summed E-state index contributed by atoms with van der Waals surface area (Å²) in [6, 6.07) is 8.39. The van der Waals surface area contributed by atoms with Crippen LogP contribution in [0.3, 0.4) is 0 Å². The molecule has 3 rings (SSSR count). The summed E-state index contributed by atoms with van der Waals surface area (Å²) in [5, 5.41) is 4.48. The molecule has 1 aliphatic heterocycles. The molecule has 1 heterocycles. The first-order valence-corrected chi connectivity index (χ1v) is 7.19. The second-order valence-electron chi connectivity index (χ2n) is 5.48. The van der Waals surface area contributed by atoms with Crippen LogP contribution < -0.4 is 5.32 Å². The van der Waals surface area contributed by atoms with E-state index < -0.39 is 0 Å². The highest BCUT2D eigenvalue weighted by Gasteiger charge is 2.36. The fraction of sp³-hybridized carbons (Fsp3) is 0.600. The second kappa shape index (κ2) is 4.99. The van der Waals surface area contributed by atoms with Crippen LogP contribution in [0.1, 0.15) is 37.2 Å². The van der Waals surface area contributed by atoms with Crippen LogP contribution in [0.15, 0.2) is 24.3 Å². The number of nitrogens with one attached hydrogen (secondary N) is 1. The van der Waals surface area contributed by atoms with Gasteiger partial charge in [0, 0.05) is 17.5 Å². The smallest absolute Gasteiger partial charge is 0.0441 e. The minimum Gasteiger partial charge on any atom is -0.316 e. The molecule has 92 valence electrons. The molecule has 1 nitrogen and oxygen atoms in total. The summed E-state index contributed by atoms with van der Waals surface area (Å²) in [5.41, 5.74) is 1.36. The molecular weight excluding hydrogens is 230 g/mol. The number of hydrogen-bond acceptors (Lipinski definition) is 1. The lowest BCUT2D eigenvalue weighted by molar-refractivity contribution is 0.146. The summed E-state index contributed by atoms with van der Waals surface area (Å²) >= 11 is 6.36. The fourth-order valence-corrected chi connectivity index (χ4v) is 3.70. The van der Waals surface area contributed by atoms with Gasteiger partial charge in [0.1, 0.15) is 0 Å². The van der Waals surface area contributed by atoms with Crippen LogP contribution >= 0.6 is 11.6 Å². The van der Waals surface area contributed by atoms with Crippen LogP contribution in [0, 0.1) is 11.8 Å². The van der Waals surface area contributed by atoms with Gasteiger partial charge >= 0.3 is 0 Å². The average molecular weight is 250 g/mol. The normalized spacial score (nSPS) is 29.9. The van der Waals surface area contributed by atoms with Gasteiger partial charge in [0.15, 0.2) is 0 Å². The minimum atomic E-state index is 0.628. The molecule has 0 amide bonds. The van der Waals surface area contributed by atoms with Crippen molar-refractivity contribution in [2.75, 3.05) is 13.1 Å². The van der Waals surface area contributed by atoms with Crippen molar-refractivity contribution in [2.45, 2.75) is 31.6 Å². The highest BCUT2D eigenvalue weighted by atomic mass is 35.5. The van der Waals surface area contributed by atoms with Crippen LogP contribution in [0.4, 0.5) is 0 Å². The van der Waals surface area contributed by atoms with Crippen molar-refractivity contribution in [2.24, 2.45) is 11.8 Å². The van der Waals surface area contributed by atoms with Gasteiger partial charge in [-0.2, -0.15) is 0 Å². The van der Waals surface area contributed by atoms with E-state index in [1.54, 1.807) is 0 Å². The maximum absolute atomic E-state index is 6.36. The summed E-state index contributed by atoms with van der Waals surface area (Å²) in [7, 11) is 0. The van der Waals surface area contributed by atoms with E-state index >= 15 is 0 Å². The van der Waals surface area contributed by atoms with Gasteiger partial charge in [-0.3, -0.25) is 0 Å². The van der Waals surface area contributed by atoms with E-state index in [0.29, 0.717) is 5.92 Å². The molecule has 0 bridgehead atoms. The molecule has 2 atom stereocenters. The third kappa shape index (κ3) is 2.23. The Morgan fingerprint density at radius 2 is 1.94 bits per heavy atom. The zero-order valence-electron chi connectivity index (χ0n) is 10.2. The molecule has 0 aromatic heterocycles. The number of piperidine rings is 1. The maximum Gasteiger partial charge on any atom is 0.0441 e. The molecule has 0 spiro atoms. The Hall–Kier alpha value is -0.530. The maximum atomic E-state index is 6.36. The highest BCUT2D eigenvalue weighted by molar-refractivity contribution is 6.31. The van der Waals surface area contributed by atoms with E-state index in [4.69, 9.17) is 11.6 Å². The summed E-state index contributed by atoms with van der Waals surface area (Å²) < 4.78 is 0. The lowest BCUT2D eigenvalue weighted by atomic mass is 9.66. The third-order valence-corrected chi connectivity index (χ3v) is 4.94. The van der Waals surface area contributed by atoms with Crippen molar-refractivity contribution in [3.8, 4) is 0 Å². The zero-order valence-corrected chi connectivity index (χ0v) is 10.9. The molecule has 2 unspecified atom stereocenters. The fourth-order valence-electron chi connectivity index (χ4n) is 3.43. The molecule has 17 heavy (non-hydrogen) atoms. The van der Waals surface area contributed by atoms with E-state index in [2.05, 4.69) is 17.4 Å². The van der Waals surface area contributed by atoms with Gasteiger partial charge in [0.2, 0.25) is 0 Å². The Balaban J connectivity index is 1.85. The average Bonchev–Trinajstić information content (AvgIpc) is 2.29. The van der Waals surface area contributed by atoms with Crippen molar-refractivity contribution in [1.82, 2.24) is 5.32 Å². The third-order valence-electron chi connectivity index (χ3n) is 4.60. The summed E-state index contributed by atoms with van der Waals surface area (Å²) in [6.45, 7) is 2.28.